The first-order valence-corrected chi connectivity index (χ1v) is 18.1. The second-order valence-corrected chi connectivity index (χ2v) is 13.7. The van der Waals surface area contributed by atoms with E-state index >= 15 is 0 Å². The van der Waals surface area contributed by atoms with Crippen molar-refractivity contribution in [1.82, 2.24) is 4.57 Å². The SMILES string of the molecule is C/C=C\C=C1/Cc2ccccc2-c2cc(-c3ccc4c(c3)c3ccccc3n4C3=C/Cc4ccccc4N(c4ccccc4)C(C)/C=C\3)ccc21. The van der Waals surface area contributed by atoms with Gasteiger partial charge in [-0.25, -0.2) is 0 Å². The number of anilines is 2. The Labute approximate surface area is 300 Å². The number of hydrogen-bond donors (Lipinski definition) is 0. The maximum atomic E-state index is 2.46. The van der Waals surface area contributed by atoms with Crippen LogP contribution in [-0.4, -0.2) is 10.6 Å². The Balaban J connectivity index is 1.17. The zero-order valence-electron chi connectivity index (χ0n) is 29.1. The molecule has 0 saturated carbocycles. The number of fused-ring (bicyclic) bond motifs is 7. The van der Waals surface area contributed by atoms with Crippen molar-refractivity contribution in [1.29, 1.82) is 0 Å². The lowest BCUT2D eigenvalue weighted by atomic mass is 9.81. The topological polar surface area (TPSA) is 8.17 Å². The van der Waals surface area contributed by atoms with E-state index in [1.165, 1.54) is 83.4 Å². The van der Waals surface area contributed by atoms with E-state index in [1.54, 1.807) is 0 Å². The van der Waals surface area contributed by atoms with E-state index in [2.05, 4.69) is 199 Å². The average Bonchev–Trinajstić information content (AvgIpc) is 3.54. The molecule has 0 radical (unpaired) electrons. The molecule has 2 nitrogen and oxygen atoms in total. The third-order valence-electron chi connectivity index (χ3n) is 10.6. The van der Waals surface area contributed by atoms with Crippen LogP contribution in [0.15, 0.2) is 176 Å². The molecule has 0 spiro atoms. The molecule has 1 atom stereocenters. The molecule has 1 aliphatic heterocycles. The molecule has 1 aliphatic carbocycles. The fourth-order valence-electron chi connectivity index (χ4n) is 8.13. The standard InChI is InChI=1S/C49H40N2/c1-3-4-14-38-31-39-16-8-10-19-42(39)45-32-36(25-29-43(38)45)37-26-30-49-46(33-37)44-20-11-13-22-48(44)51(49)41-27-23-34(2)50(40-17-6-5-7-18-40)47-21-12-9-15-35(47)24-28-41/h3-23,25-30,32-34H,24,31H2,1-2H3/b4-3-,27-23-,38-14+,41-28+. The Morgan fingerprint density at radius 3 is 2.24 bits per heavy atom. The van der Waals surface area contributed by atoms with Gasteiger partial charge in [0.05, 0.1) is 11.0 Å². The van der Waals surface area contributed by atoms with Crippen LogP contribution < -0.4 is 4.90 Å². The number of benzene rings is 6. The molecule has 0 saturated heterocycles. The molecular formula is C49H40N2. The Bertz CT molecular complexity index is 2560. The van der Waals surface area contributed by atoms with E-state index in [4.69, 9.17) is 0 Å². The van der Waals surface area contributed by atoms with Crippen molar-refractivity contribution in [3.8, 4) is 22.3 Å². The van der Waals surface area contributed by atoms with Crippen LogP contribution in [0.1, 0.15) is 30.5 Å². The summed E-state index contributed by atoms with van der Waals surface area (Å²) in [6.07, 6.45) is 15.4. The highest BCUT2D eigenvalue weighted by molar-refractivity contribution is 6.11. The summed E-state index contributed by atoms with van der Waals surface area (Å²) in [6.45, 7) is 4.37. The zero-order valence-corrected chi connectivity index (χ0v) is 29.1. The molecule has 51 heavy (non-hydrogen) atoms. The van der Waals surface area contributed by atoms with Crippen LogP contribution in [0.4, 0.5) is 11.4 Å². The summed E-state index contributed by atoms with van der Waals surface area (Å²) in [5, 5.41) is 2.53. The second kappa shape index (κ2) is 13.0. The zero-order chi connectivity index (χ0) is 34.3. The molecule has 2 heterocycles. The molecule has 1 unspecified atom stereocenters. The van der Waals surface area contributed by atoms with Gasteiger partial charge >= 0.3 is 0 Å². The summed E-state index contributed by atoms with van der Waals surface area (Å²) in [6, 6.07) is 51.5. The van der Waals surface area contributed by atoms with Crippen LogP contribution in [0.5, 0.6) is 0 Å². The fourth-order valence-corrected chi connectivity index (χ4v) is 8.13. The lowest BCUT2D eigenvalue weighted by Crippen LogP contribution is -2.27. The van der Waals surface area contributed by atoms with Gasteiger partial charge in [-0.3, -0.25) is 0 Å². The Morgan fingerprint density at radius 2 is 1.35 bits per heavy atom. The van der Waals surface area contributed by atoms with E-state index in [0.29, 0.717) is 0 Å². The minimum absolute atomic E-state index is 0.150. The van der Waals surface area contributed by atoms with Crippen molar-refractivity contribution in [2.75, 3.05) is 4.90 Å². The Morgan fingerprint density at radius 1 is 0.627 bits per heavy atom. The lowest BCUT2D eigenvalue weighted by molar-refractivity contribution is 0.859. The highest BCUT2D eigenvalue weighted by Crippen LogP contribution is 2.43. The van der Waals surface area contributed by atoms with E-state index in [9.17, 15) is 0 Å². The van der Waals surface area contributed by atoms with Crippen LogP contribution >= 0.6 is 0 Å². The minimum Gasteiger partial charge on any atom is -0.335 e. The van der Waals surface area contributed by atoms with Crippen LogP contribution in [0, 0.1) is 0 Å². The summed E-state index contributed by atoms with van der Waals surface area (Å²) in [7, 11) is 0. The van der Waals surface area contributed by atoms with E-state index in [-0.39, 0.29) is 6.04 Å². The van der Waals surface area contributed by atoms with Crippen molar-refractivity contribution in [3.05, 3.63) is 193 Å². The van der Waals surface area contributed by atoms with Crippen molar-refractivity contribution in [3.63, 3.8) is 0 Å². The number of para-hydroxylation sites is 3. The summed E-state index contributed by atoms with van der Waals surface area (Å²) in [4.78, 5) is 2.46. The average molecular weight is 657 g/mol. The number of hydrogen-bond acceptors (Lipinski definition) is 1. The summed E-state index contributed by atoms with van der Waals surface area (Å²) >= 11 is 0. The van der Waals surface area contributed by atoms with Gasteiger partial charge in [0.25, 0.3) is 0 Å². The molecule has 6 aromatic carbocycles. The van der Waals surface area contributed by atoms with Gasteiger partial charge in [0.2, 0.25) is 0 Å². The highest BCUT2D eigenvalue weighted by atomic mass is 15.2. The molecule has 2 heteroatoms. The third kappa shape index (κ3) is 5.45. The smallest absolute Gasteiger partial charge is 0.0541 e. The first kappa shape index (κ1) is 30.9. The second-order valence-electron chi connectivity index (χ2n) is 13.7. The molecule has 1 aromatic heterocycles. The molecule has 2 aliphatic rings. The quantitative estimate of drug-likeness (QED) is 0.183. The van der Waals surface area contributed by atoms with E-state index in [1.807, 2.05) is 0 Å². The van der Waals surface area contributed by atoms with Gasteiger partial charge in [-0.15, -0.1) is 0 Å². The van der Waals surface area contributed by atoms with Gasteiger partial charge < -0.3 is 9.47 Å². The third-order valence-corrected chi connectivity index (χ3v) is 10.6. The molecule has 9 rings (SSSR count). The van der Waals surface area contributed by atoms with Crippen LogP contribution in [0.25, 0.3) is 55.3 Å². The van der Waals surface area contributed by atoms with Crippen LogP contribution in [0.2, 0.25) is 0 Å². The van der Waals surface area contributed by atoms with Crippen molar-refractivity contribution < 1.29 is 0 Å². The Hall–Kier alpha value is -6.12. The van der Waals surface area contributed by atoms with E-state index in [0.717, 1.165) is 12.8 Å². The van der Waals surface area contributed by atoms with Crippen LogP contribution in [0.3, 0.4) is 0 Å². The first-order chi connectivity index (χ1) is 25.2. The maximum Gasteiger partial charge on any atom is 0.0541 e. The summed E-state index contributed by atoms with van der Waals surface area (Å²) in [5.41, 5.74) is 16.6. The van der Waals surface area contributed by atoms with Gasteiger partial charge in [0.15, 0.2) is 0 Å². The van der Waals surface area contributed by atoms with Gasteiger partial charge in [0.1, 0.15) is 0 Å². The number of allylic oxidation sites excluding steroid dienone is 7. The summed E-state index contributed by atoms with van der Waals surface area (Å²) in [5.74, 6) is 0. The molecule has 0 bridgehead atoms. The predicted molar refractivity (Wildman–Crippen MR) is 218 cm³/mol. The molecule has 0 N–H and O–H groups in total. The van der Waals surface area contributed by atoms with Crippen molar-refractivity contribution in [2.45, 2.75) is 32.7 Å². The van der Waals surface area contributed by atoms with Crippen molar-refractivity contribution >= 4 is 44.5 Å². The number of rotatable bonds is 4. The molecule has 246 valence electrons. The molecule has 0 fully saturated rings. The van der Waals surface area contributed by atoms with Crippen molar-refractivity contribution in [2.24, 2.45) is 0 Å². The highest BCUT2D eigenvalue weighted by Gasteiger charge is 2.22. The van der Waals surface area contributed by atoms with Gasteiger partial charge in [-0.2, -0.15) is 0 Å². The van der Waals surface area contributed by atoms with Gasteiger partial charge in [-0.05, 0) is 120 Å². The Kier molecular flexibility index (Phi) is 7.86. The number of nitrogens with zero attached hydrogens (tertiary/aromatic N) is 2. The van der Waals surface area contributed by atoms with Gasteiger partial charge in [0, 0.05) is 33.9 Å². The first-order valence-electron chi connectivity index (χ1n) is 18.1. The molecule has 7 aromatic rings. The molecular weight excluding hydrogens is 617 g/mol. The van der Waals surface area contributed by atoms with E-state index < -0.39 is 0 Å². The molecule has 0 amide bonds. The summed E-state index contributed by atoms with van der Waals surface area (Å²) < 4.78 is 2.46. The number of aromatic nitrogens is 1. The predicted octanol–water partition coefficient (Wildman–Crippen LogP) is 12.8. The maximum absolute atomic E-state index is 2.46. The monoisotopic (exact) mass is 656 g/mol. The largest absolute Gasteiger partial charge is 0.335 e. The minimum atomic E-state index is 0.150. The van der Waals surface area contributed by atoms with Gasteiger partial charge in [-0.1, -0.05) is 127 Å². The fraction of sp³-hybridized carbons (Fsp3) is 0.102. The lowest BCUT2D eigenvalue weighted by Gasteiger charge is -2.31. The van der Waals surface area contributed by atoms with Crippen LogP contribution in [-0.2, 0) is 12.8 Å². The normalized spacial score (nSPS) is 18.1.